The Morgan fingerprint density at radius 1 is 1.73 bits per heavy atom. The van der Waals surface area contributed by atoms with Crippen LogP contribution >= 0.6 is 12.2 Å². The first-order valence-corrected chi connectivity index (χ1v) is 3.94. The van der Waals surface area contributed by atoms with Crippen LogP contribution in [0.3, 0.4) is 0 Å². The van der Waals surface area contributed by atoms with Gasteiger partial charge in [0.15, 0.2) is 0 Å². The Labute approximate surface area is 72.0 Å². The second kappa shape index (κ2) is 2.79. The van der Waals surface area contributed by atoms with Crippen molar-refractivity contribution < 1.29 is 0 Å². The molecule has 0 radical (unpaired) electrons. The molecule has 0 aromatic rings. The first-order chi connectivity index (χ1) is 5.03. The summed E-state index contributed by atoms with van der Waals surface area (Å²) in [5, 5.41) is 3.18. The Kier molecular flexibility index (Phi) is 2.15. The minimum atomic E-state index is 0.0214. The third-order valence-corrected chi connectivity index (χ3v) is 1.80. The molecule has 0 fully saturated rings. The zero-order valence-electron chi connectivity index (χ0n) is 6.77. The molecular formula is C7H13N3S. The van der Waals surface area contributed by atoms with Gasteiger partial charge < -0.3 is 10.7 Å². The van der Waals surface area contributed by atoms with Crippen LogP contribution < -0.4 is 16.6 Å². The van der Waals surface area contributed by atoms with Gasteiger partial charge in [-0.05, 0) is 19.9 Å². The van der Waals surface area contributed by atoms with E-state index in [2.05, 4.69) is 24.6 Å². The molecule has 0 saturated carbocycles. The molecule has 0 unspecified atom stereocenters. The summed E-state index contributed by atoms with van der Waals surface area (Å²) in [5.74, 6) is 5.28. The van der Waals surface area contributed by atoms with Gasteiger partial charge in [-0.15, -0.1) is 0 Å². The summed E-state index contributed by atoms with van der Waals surface area (Å²) in [6.45, 7) is 4.17. The summed E-state index contributed by atoms with van der Waals surface area (Å²) in [4.78, 5) is 0.745. The van der Waals surface area contributed by atoms with E-state index in [1.54, 1.807) is 0 Å². The highest BCUT2D eigenvalue weighted by Crippen LogP contribution is 2.17. The van der Waals surface area contributed by atoms with Gasteiger partial charge in [0.1, 0.15) is 4.99 Å². The first-order valence-electron chi connectivity index (χ1n) is 3.53. The van der Waals surface area contributed by atoms with E-state index in [1.807, 2.05) is 6.08 Å². The van der Waals surface area contributed by atoms with E-state index >= 15 is 0 Å². The van der Waals surface area contributed by atoms with E-state index in [0.29, 0.717) is 0 Å². The Morgan fingerprint density at radius 2 is 2.36 bits per heavy atom. The highest BCUT2D eigenvalue weighted by atomic mass is 32.1. The maximum absolute atomic E-state index is 5.28. The van der Waals surface area contributed by atoms with Crippen LogP contribution in [0.15, 0.2) is 11.8 Å². The minimum absolute atomic E-state index is 0.0214. The van der Waals surface area contributed by atoms with E-state index in [0.717, 1.165) is 17.1 Å². The average molecular weight is 171 g/mol. The normalized spacial score (nSPS) is 22.1. The zero-order chi connectivity index (χ0) is 8.48. The standard InChI is InChI=1S/C7H13N3S/c1-7(2)4-5(10-8)3-6(11)9-7/h3,10H,4,8H2,1-2H3,(H,9,11). The van der Waals surface area contributed by atoms with Crippen LogP contribution in [0.2, 0.25) is 0 Å². The predicted octanol–water partition coefficient (Wildman–Crippen LogP) is 0.433. The predicted molar refractivity (Wildman–Crippen MR) is 49.8 cm³/mol. The van der Waals surface area contributed by atoms with Crippen molar-refractivity contribution >= 4 is 17.2 Å². The first kappa shape index (κ1) is 8.49. The maximum Gasteiger partial charge on any atom is 0.101 e. The van der Waals surface area contributed by atoms with E-state index < -0.39 is 0 Å². The van der Waals surface area contributed by atoms with Crippen molar-refractivity contribution in [3.63, 3.8) is 0 Å². The number of hydrogen-bond donors (Lipinski definition) is 3. The van der Waals surface area contributed by atoms with Crippen molar-refractivity contribution in [3.05, 3.63) is 11.8 Å². The fourth-order valence-corrected chi connectivity index (χ4v) is 1.61. The molecule has 4 heteroatoms. The lowest BCUT2D eigenvalue weighted by Crippen LogP contribution is -2.47. The highest BCUT2D eigenvalue weighted by Gasteiger charge is 2.23. The van der Waals surface area contributed by atoms with Crippen LogP contribution in [-0.4, -0.2) is 10.5 Å². The largest absolute Gasteiger partial charge is 0.371 e. The molecule has 4 N–H and O–H groups in total. The van der Waals surface area contributed by atoms with Crippen molar-refractivity contribution in [2.45, 2.75) is 25.8 Å². The maximum atomic E-state index is 5.28. The molecule has 0 saturated heterocycles. The number of rotatable bonds is 1. The zero-order valence-corrected chi connectivity index (χ0v) is 7.59. The molecule has 0 aromatic carbocycles. The van der Waals surface area contributed by atoms with Crippen molar-refractivity contribution in [2.24, 2.45) is 5.84 Å². The molecule has 0 aliphatic carbocycles. The van der Waals surface area contributed by atoms with Crippen molar-refractivity contribution in [2.75, 3.05) is 0 Å². The number of hydrogen-bond acceptors (Lipinski definition) is 3. The minimum Gasteiger partial charge on any atom is -0.371 e. The average Bonchev–Trinajstić information content (AvgIpc) is 1.83. The molecule has 1 aliphatic heterocycles. The molecule has 0 atom stereocenters. The Balaban J connectivity index is 2.78. The summed E-state index contributed by atoms with van der Waals surface area (Å²) < 4.78 is 0. The van der Waals surface area contributed by atoms with Gasteiger partial charge in [-0.1, -0.05) is 12.2 Å². The van der Waals surface area contributed by atoms with Gasteiger partial charge in [-0.25, -0.2) is 0 Å². The Hall–Kier alpha value is -0.610. The molecule has 0 spiro atoms. The van der Waals surface area contributed by atoms with Gasteiger partial charge >= 0.3 is 0 Å². The second-order valence-corrected chi connectivity index (χ2v) is 3.80. The molecule has 0 amide bonds. The van der Waals surface area contributed by atoms with Gasteiger partial charge in [0.05, 0.1) is 0 Å². The van der Waals surface area contributed by atoms with Gasteiger partial charge in [0.2, 0.25) is 0 Å². The highest BCUT2D eigenvalue weighted by molar-refractivity contribution is 7.80. The lowest BCUT2D eigenvalue weighted by atomic mass is 9.95. The van der Waals surface area contributed by atoms with Gasteiger partial charge in [-0.2, -0.15) is 0 Å². The second-order valence-electron chi connectivity index (χ2n) is 3.36. The van der Waals surface area contributed by atoms with E-state index in [-0.39, 0.29) is 5.54 Å². The molecule has 1 heterocycles. The number of nitrogens with two attached hydrogens (primary N) is 1. The van der Waals surface area contributed by atoms with Gasteiger partial charge in [0, 0.05) is 17.7 Å². The summed E-state index contributed by atoms with van der Waals surface area (Å²) in [6, 6.07) is 0. The molecule has 3 nitrogen and oxygen atoms in total. The molecular weight excluding hydrogens is 158 g/mol. The fraction of sp³-hybridized carbons (Fsp3) is 0.571. The summed E-state index contributed by atoms with van der Waals surface area (Å²) in [7, 11) is 0. The molecule has 62 valence electrons. The number of hydrazine groups is 1. The molecule has 1 aliphatic rings. The van der Waals surface area contributed by atoms with Crippen molar-refractivity contribution in [1.29, 1.82) is 0 Å². The van der Waals surface area contributed by atoms with Crippen LogP contribution in [0.25, 0.3) is 0 Å². The molecule has 0 aromatic heterocycles. The molecule has 0 bridgehead atoms. The quantitative estimate of drug-likeness (QED) is 0.304. The Morgan fingerprint density at radius 3 is 2.82 bits per heavy atom. The number of thiocarbonyl (C=S) groups is 1. The summed E-state index contributed by atoms with van der Waals surface area (Å²) in [6.07, 6.45) is 2.73. The molecule has 11 heavy (non-hydrogen) atoms. The van der Waals surface area contributed by atoms with E-state index in [1.165, 1.54) is 0 Å². The van der Waals surface area contributed by atoms with Crippen molar-refractivity contribution in [1.82, 2.24) is 10.7 Å². The van der Waals surface area contributed by atoms with Gasteiger partial charge in [-0.3, -0.25) is 5.84 Å². The lowest BCUT2D eigenvalue weighted by Gasteiger charge is -2.32. The van der Waals surface area contributed by atoms with Crippen LogP contribution in [-0.2, 0) is 0 Å². The van der Waals surface area contributed by atoms with E-state index in [4.69, 9.17) is 18.1 Å². The monoisotopic (exact) mass is 171 g/mol. The van der Waals surface area contributed by atoms with Crippen LogP contribution in [0.5, 0.6) is 0 Å². The van der Waals surface area contributed by atoms with E-state index in [9.17, 15) is 0 Å². The molecule has 1 rings (SSSR count). The summed E-state index contributed by atoms with van der Waals surface area (Å²) >= 11 is 5.01. The third kappa shape index (κ3) is 2.17. The summed E-state index contributed by atoms with van der Waals surface area (Å²) in [5.41, 5.74) is 3.63. The smallest absolute Gasteiger partial charge is 0.101 e. The SMILES string of the molecule is CC1(C)CC(NN)=CC(=S)N1. The topological polar surface area (TPSA) is 50.1 Å². The van der Waals surface area contributed by atoms with Gasteiger partial charge in [0.25, 0.3) is 0 Å². The number of nitrogens with one attached hydrogen (secondary N) is 2. The lowest BCUT2D eigenvalue weighted by molar-refractivity contribution is 0.439. The van der Waals surface area contributed by atoms with Crippen LogP contribution in [0.4, 0.5) is 0 Å². The third-order valence-electron chi connectivity index (χ3n) is 1.58. The van der Waals surface area contributed by atoms with Crippen LogP contribution in [0.1, 0.15) is 20.3 Å². The fourth-order valence-electron chi connectivity index (χ4n) is 1.19. The Bertz CT molecular complexity index is 208. The van der Waals surface area contributed by atoms with Crippen LogP contribution in [0, 0.1) is 0 Å². The van der Waals surface area contributed by atoms with Crippen molar-refractivity contribution in [3.8, 4) is 0 Å².